The summed E-state index contributed by atoms with van der Waals surface area (Å²) in [6.07, 6.45) is 2.39. The summed E-state index contributed by atoms with van der Waals surface area (Å²) in [5, 5.41) is 9.92. The summed E-state index contributed by atoms with van der Waals surface area (Å²) in [5.41, 5.74) is 7.35. The van der Waals surface area contributed by atoms with E-state index in [0.717, 1.165) is 49.5 Å². The van der Waals surface area contributed by atoms with E-state index >= 15 is 0 Å². The molecular weight excluding hydrogens is 280 g/mol. The first-order valence-electron chi connectivity index (χ1n) is 8.24. The van der Waals surface area contributed by atoms with E-state index < -0.39 is 0 Å². The predicted octanol–water partition coefficient (Wildman–Crippen LogP) is 1.77. The fourth-order valence-corrected chi connectivity index (χ4v) is 3.41. The van der Waals surface area contributed by atoms with E-state index in [1.165, 1.54) is 0 Å². The number of hydrogen-bond acceptors (Lipinski definition) is 5. The van der Waals surface area contributed by atoms with Gasteiger partial charge in [0.1, 0.15) is 13.2 Å². The molecule has 2 aliphatic heterocycles. The number of anilines is 1. The highest BCUT2D eigenvalue weighted by Crippen LogP contribution is 2.35. The maximum atomic E-state index is 9.92. The van der Waals surface area contributed by atoms with Crippen molar-refractivity contribution < 1.29 is 14.6 Å². The van der Waals surface area contributed by atoms with Gasteiger partial charge < -0.3 is 25.2 Å². The van der Waals surface area contributed by atoms with E-state index in [1.807, 2.05) is 19.1 Å². The number of nitrogens with two attached hydrogens (primary N) is 1. The topological polar surface area (TPSA) is 68.0 Å². The van der Waals surface area contributed by atoms with Gasteiger partial charge in [0, 0.05) is 30.9 Å². The lowest BCUT2D eigenvalue weighted by molar-refractivity contribution is 0.131. The Morgan fingerprint density at radius 2 is 2.05 bits per heavy atom. The first-order valence-corrected chi connectivity index (χ1v) is 8.24. The van der Waals surface area contributed by atoms with Crippen molar-refractivity contribution in [1.29, 1.82) is 0 Å². The summed E-state index contributed by atoms with van der Waals surface area (Å²) in [7, 11) is 0. The zero-order valence-electron chi connectivity index (χ0n) is 13.2. The molecule has 0 amide bonds. The third kappa shape index (κ3) is 3.47. The molecule has 2 aliphatic rings. The molecule has 5 heteroatoms. The van der Waals surface area contributed by atoms with Crippen LogP contribution >= 0.6 is 0 Å². The van der Waals surface area contributed by atoms with Gasteiger partial charge in [0.15, 0.2) is 11.5 Å². The van der Waals surface area contributed by atoms with Gasteiger partial charge in [0.25, 0.3) is 0 Å². The van der Waals surface area contributed by atoms with Crippen molar-refractivity contribution >= 4 is 5.69 Å². The maximum Gasteiger partial charge on any atom is 0.163 e. The van der Waals surface area contributed by atoms with Gasteiger partial charge in [-0.15, -0.1) is 0 Å². The van der Waals surface area contributed by atoms with Crippen LogP contribution in [-0.4, -0.2) is 43.6 Å². The van der Waals surface area contributed by atoms with Gasteiger partial charge in [0.05, 0.1) is 6.10 Å². The lowest BCUT2D eigenvalue weighted by atomic mass is 9.89. The minimum Gasteiger partial charge on any atom is -0.486 e. The molecule has 3 unspecified atom stereocenters. The molecule has 3 rings (SSSR count). The fourth-order valence-electron chi connectivity index (χ4n) is 3.41. The molecule has 0 bridgehead atoms. The molecule has 0 spiro atoms. The highest BCUT2D eigenvalue weighted by Gasteiger charge is 2.27. The Labute approximate surface area is 132 Å². The van der Waals surface area contributed by atoms with E-state index in [2.05, 4.69) is 11.0 Å². The largest absolute Gasteiger partial charge is 0.486 e. The lowest BCUT2D eigenvalue weighted by Gasteiger charge is -2.38. The van der Waals surface area contributed by atoms with Crippen molar-refractivity contribution in [3.63, 3.8) is 0 Å². The standard InChI is InChI=1S/C17H26N2O3/c1-2-15(20)8-12-7-13(18)11-19(10-12)14-3-4-16-17(9-14)22-6-5-21-16/h3-4,9,12-13,15,20H,2,5-8,10-11,18H2,1H3. The highest BCUT2D eigenvalue weighted by atomic mass is 16.6. The number of nitrogens with zero attached hydrogens (tertiary/aromatic N) is 1. The van der Waals surface area contributed by atoms with Crippen LogP contribution in [0, 0.1) is 5.92 Å². The molecule has 3 atom stereocenters. The van der Waals surface area contributed by atoms with Crippen LogP contribution in [0.15, 0.2) is 18.2 Å². The van der Waals surface area contributed by atoms with Gasteiger partial charge in [-0.05, 0) is 37.3 Å². The smallest absolute Gasteiger partial charge is 0.163 e. The molecule has 0 saturated carbocycles. The zero-order chi connectivity index (χ0) is 15.5. The summed E-state index contributed by atoms with van der Waals surface area (Å²) >= 11 is 0. The number of ether oxygens (including phenoxy) is 2. The van der Waals surface area contributed by atoms with Crippen molar-refractivity contribution in [2.24, 2.45) is 11.7 Å². The average molecular weight is 306 g/mol. The highest BCUT2D eigenvalue weighted by molar-refractivity contribution is 5.57. The molecular formula is C17H26N2O3. The van der Waals surface area contributed by atoms with Gasteiger partial charge in [-0.25, -0.2) is 0 Å². The summed E-state index contributed by atoms with van der Waals surface area (Å²) in [4.78, 5) is 2.31. The van der Waals surface area contributed by atoms with Crippen molar-refractivity contribution in [2.75, 3.05) is 31.2 Å². The van der Waals surface area contributed by atoms with Crippen LogP contribution in [0.3, 0.4) is 0 Å². The van der Waals surface area contributed by atoms with Crippen LogP contribution in [0.2, 0.25) is 0 Å². The molecule has 22 heavy (non-hydrogen) atoms. The van der Waals surface area contributed by atoms with E-state index in [4.69, 9.17) is 15.2 Å². The molecule has 3 N–H and O–H groups in total. The van der Waals surface area contributed by atoms with Crippen molar-refractivity contribution in [3.8, 4) is 11.5 Å². The van der Waals surface area contributed by atoms with Crippen molar-refractivity contribution in [2.45, 2.75) is 38.3 Å². The molecule has 5 nitrogen and oxygen atoms in total. The summed E-state index contributed by atoms with van der Waals surface area (Å²) < 4.78 is 11.2. The van der Waals surface area contributed by atoms with Crippen LogP contribution in [0.5, 0.6) is 11.5 Å². The number of hydrogen-bond donors (Lipinski definition) is 2. The number of benzene rings is 1. The summed E-state index contributed by atoms with van der Waals surface area (Å²) in [5.74, 6) is 2.06. The minimum absolute atomic E-state index is 0.149. The fraction of sp³-hybridized carbons (Fsp3) is 0.647. The van der Waals surface area contributed by atoms with Crippen LogP contribution in [0.4, 0.5) is 5.69 Å². The van der Waals surface area contributed by atoms with Gasteiger partial charge in [0.2, 0.25) is 0 Å². The Bertz CT molecular complexity index is 509. The molecule has 122 valence electrons. The monoisotopic (exact) mass is 306 g/mol. The molecule has 2 heterocycles. The average Bonchev–Trinajstić information content (AvgIpc) is 2.53. The number of rotatable bonds is 4. The van der Waals surface area contributed by atoms with E-state index in [9.17, 15) is 5.11 Å². The van der Waals surface area contributed by atoms with Crippen LogP contribution in [0.25, 0.3) is 0 Å². The number of aliphatic hydroxyl groups excluding tert-OH is 1. The molecule has 0 aromatic heterocycles. The summed E-state index contributed by atoms with van der Waals surface area (Å²) in [6, 6.07) is 6.23. The third-order valence-electron chi connectivity index (χ3n) is 4.54. The number of aliphatic hydroxyl groups is 1. The Morgan fingerprint density at radius 1 is 1.27 bits per heavy atom. The molecule has 1 fully saturated rings. The normalized spacial score (nSPS) is 25.9. The zero-order valence-corrected chi connectivity index (χ0v) is 13.2. The van der Waals surface area contributed by atoms with Gasteiger partial charge in [-0.2, -0.15) is 0 Å². The van der Waals surface area contributed by atoms with Gasteiger partial charge >= 0.3 is 0 Å². The second-order valence-corrected chi connectivity index (χ2v) is 6.39. The maximum absolute atomic E-state index is 9.92. The Morgan fingerprint density at radius 3 is 2.82 bits per heavy atom. The van der Waals surface area contributed by atoms with E-state index in [0.29, 0.717) is 19.1 Å². The van der Waals surface area contributed by atoms with Gasteiger partial charge in [-0.1, -0.05) is 6.92 Å². The second kappa shape index (κ2) is 6.75. The number of fused-ring (bicyclic) bond motifs is 1. The third-order valence-corrected chi connectivity index (χ3v) is 4.54. The first-order chi connectivity index (χ1) is 10.7. The number of piperidine rings is 1. The van der Waals surface area contributed by atoms with Crippen LogP contribution < -0.4 is 20.1 Å². The SMILES string of the molecule is CCC(O)CC1CC(N)CN(c2ccc3c(c2)OCCO3)C1. The Hall–Kier alpha value is -1.46. The van der Waals surface area contributed by atoms with Crippen molar-refractivity contribution in [1.82, 2.24) is 0 Å². The first kappa shape index (κ1) is 15.4. The predicted molar refractivity (Wildman–Crippen MR) is 86.6 cm³/mol. The quantitative estimate of drug-likeness (QED) is 0.887. The Balaban J connectivity index is 1.72. The summed E-state index contributed by atoms with van der Waals surface area (Å²) in [6.45, 7) is 5.01. The lowest BCUT2D eigenvalue weighted by Crippen LogP contribution is -2.47. The van der Waals surface area contributed by atoms with Gasteiger partial charge in [-0.3, -0.25) is 0 Å². The minimum atomic E-state index is -0.225. The molecule has 1 saturated heterocycles. The molecule has 0 radical (unpaired) electrons. The van der Waals surface area contributed by atoms with E-state index in [-0.39, 0.29) is 12.1 Å². The van der Waals surface area contributed by atoms with E-state index in [1.54, 1.807) is 0 Å². The van der Waals surface area contributed by atoms with Crippen molar-refractivity contribution in [3.05, 3.63) is 18.2 Å². The molecule has 1 aromatic rings. The second-order valence-electron chi connectivity index (χ2n) is 6.39. The Kier molecular flexibility index (Phi) is 4.74. The molecule has 0 aliphatic carbocycles. The molecule has 1 aromatic carbocycles. The van der Waals surface area contributed by atoms with Crippen LogP contribution in [0.1, 0.15) is 26.2 Å². The van der Waals surface area contributed by atoms with Crippen LogP contribution in [-0.2, 0) is 0 Å².